The van der Waals surface area contributed by atoms with Crippen molar-refractivity contribution in [2.24, 2.45) is 0 Å². The average molecular weight is 351 g/mol. The van der Waals surface area contributed by atoms with Gasteiger partial charge in [0.25, 0.3) is 5.91 Å². The van der Waals surface area contributed by atoms with Crippen LogP contribution in [0.5, 0.6) is 0 Å². The second-order valence-electron chi connectivity index (χ2n) is 7.70. The number of benzene rings is 1. The molecule has 0 spiro atoms. The van der Waals surface area contributed by atoms with E-state index < -0.39 is 0 Å². The van der Waals surface area contributed by atoms with Crippen LogP contribution in [0, 0.1) is 0 Å². The zero-order valence-corrected chi connectivity index (χ0v) is 15.7. The second-order valence-corrected chi connectivity index (χ2v) is 7.70. The molecule has 0 saturated carbocycles. The predicted octanol–water partition coefficient (Wildman–Crippen LogP) is 4.46. The number of aromatic amines is 1. The van der Waals surface area contributed by atoms with Crippen molar-refractivity contribution in [3.8, 4) is 11.1 Å². The summed E-state index contributed by atoms with van der Waals surface area (Å²) in [7, 11) is 0. The predicted molar refractivity (Wildman–Crippen MR) is 105 cm³/mol. The van der Waals surface area contributed by atoms with Crippen molar-refractivity contribution < 1.29 is 4.79 Å². The van der Waals surface area contributed by atoms with Crippen LogP contribution in [0.4, 0.5) is 0 Å². The average Bonchev–Trinajstić information content (AvgIpc) is 3.40. The molecule has 0 radical (unpaired) electrons. The number of hydrogen-bond donors (Lipinski definition) is 1. The number of amides is 1. The minimum Gasteiger partial charge on any atom is -0.357 e. The van der Waals surface area contributed by atoms with Crippen molar-refractivity contribution in [3.05, 3.63) is 47.8 Å². The van der Waals surface area contributed by atoms with Crippen LogP contribution in [0.3, 0.4) is 0 Å². The molecule has 1 aromatic carbocycles. The van der Waals surface area contributed by atoms with E-state index in [4.69, 9.17) is 0 Å². The molecule has 3 heterocycles. The van der Waals surface area contributed by atoms with Crippen molar-refractivity contribution in [2.45, 2.75) is 45.1 Å². The number of hydrogen-bond acceptors (Lipinski definition) is 2. The number of rotatable bonds is 4. The largest absolute Gasteiger partial charge is 0.357 e. The third kappa shape index (κ3) is 3.56. The molecule has 138 valence electrons. The quantitative estimate of drug-likeness (QED) is 0.883. The van der Waals surface area contributed by atoms with Crippen LogP contribution in [0.1, 0.15) is 61.1 Å². The van der Waals surface area contributed by atoms with Gasteiger partial charge in [-0.3, -0.25) is 9.69 Å². The van der Waals surface area contributed by atoms with E-state index in [-0.39, 0.29) is 5.91 Å². The number of carbonyl (C=O) groups is 1. The van der Waals surface area contributed by atoms with Gasteiger partial charge in [-0.05, 0) is 80.9 Å². The topological polar surface area (TPSA) is 39.3 Å². The fraction of sp³-hybridized carbons (Fsp3) is 0.500. The van der Waals surface area contributed by atoms with E-state index in [1.165, 1.54) is 43.5 Å². The van der Waals surface area contributed by atoms with Gasteiger partial charge in [-0.2, -0.15) is 0 Å². The fourth-order valence-electron chi connectivity index (χ4n) is 4.27. The van der Waals surface area contributed by atoms with Crippen molar-refractivity contribution in [1.82, 2.24) is 14.8 Å². The summed E-state index contributed by atoms with van der Waals surface area (Å²) in [6.45, 7) is 6.47. The Morgan fingerprint density at radius 2 is 1.69 bits per heavy atom. The van der Waals surface area contributed by atoms with Gasteiger partial charge in [-0.25, -0.2) is 0 Å². The third-order valence-electron chi connectivity index (χ3n) is 5.95. The van der Waals surface area contributed by atoms with Crippen LogP contribution in [0.25, 0.3) is 11.1 Å². The van der Waals surface area contributed by atoms with Crippen molar-refractivity contribution in [2.75, 3.05) is 26.2 Å². The fourth-order valence-corrected chi connectivity index (χ4v) is 4.27. The number of likely N-dealkylation sites (tertiary alicyclic amines) is 2. The maximum atomic E-state index is 12.7. The van der Waals surface area contributed by atoms with E-state index in [2.05, 4.69) is 41.1 Å². The number of H-pyrrole nitrogens is 1. The molecule has 4 heteroatoms. The molecule has 1 N–H and O–H groups in total. The number of aromatic nitrogens is 1. The van der Waals surface area contributed by atoms with E-state index >= 15 is 0 Å². The Labute approximate surface area is 156 Å². The standard InChI is InChI=1S/C22H29N3O/c1-17(24-10-5-6-11-24)18-8-7-9-19(14-18)20-15-21(23-16-20)22(26)25-12-3-2-4-13-25/h7-9,14-17,23H,2-6,10-13H2,1H3. The summed E-state index contributed by atoms with van der Waals surface area (Å²) in [6, 6.07) is 11.2. The monoisotopic (exact) mass is 351 g/mol. The molecule has 4 nitrogen and oxygen atoms in total. The molecule has 2 aliphatic rings. The molecule has 0 bridgehead atoms. The Morgan fingerprint density at radius 3 is 2.46 bits per heavy atom. The van der Waals surface area contributed by atoms with E-state index in [1.807, 2.05) is 17.2 Å². The number of piperidine rings is 1. The Balaban J connectivity index is 1.52. The van der Waals surface area contributed by atoms with Gasteiger partial charge in [0.1, 0.15) is 5.69 Å². The maximum Gasteiger partial charge on any atom is 0.270 e. The number of nitrogens with one attached hydrogen (secondary N) is 1. The molecule has 2 aliphatic heterocycles. The van der Waals surface area contributed by atoms with Crippen molar-refractivity contribution >= 4 is 5.91 Å². The highest BCUT2D eigenvalue weighted by Crippen LogP contribution is 2.29. The highest BCUT2D eigenvalue weighted by Gasteiger charge is 2.21. The molecule has 2 fully saturated rings. The molecule has 1 atom stereocenters. The molecule has 4 rings (SSSR count). The first-order valence-corrected chi connectivity index (χ1v) is 10.0. The molecule has 1 aromatic heterocycles. The summed E-state index contributed by atoms with van der Waals surface area (Å²) >= 11 is 0. The lowest BCUT2D eigenvalue weighted by atomic mass is 10.0. The summed E-state index contributed by atoms with van der Waals surface area (Å²) < 4.78 is 0. The van der Waals surface area contributed by atoms with Crippen molar-refractivity contribution in [3.63, 3.8) is 0 Å². The summed E-state index contributed by atoms with van der Waals surface area (Å²) in [5.74, 6) is 0.137. The molecular weight excluding hydrogens is 322 g/mol. The van der Waals surface area contributed by atoms with Gasteiger partial charge in [0.15, 0.2) is 0 Å². The van der Waals surface area contributed by atoms with E-state index in [0.717, 1.165) is 31.5 Å². The van der Waals surface area contributed by atoms with Crippen LogP contribution < -0.4 is 0 Å². The van der Waals surface area contributed by atoms with Crippen LogP contribution in [-0.4, -0.2) is 46.9 Å². The van der Waals surface area contributed by atoms with Crippen LogP contribution >= 0.6 is 0 Å². The molecule has 2 aromatic rings. The van der Waals surface area contributed by atoms with Gasteiger partial charge in [-0.15, -0.1) is 0 Å². The molecule has 1 amide bonds. The zero-order valence-electron chi connectivity index (χ0n) is 15.7. The minimum atomic E-state index is 0.137. The van der Waals surface area contributed by atoms with E-state index in [1.54, 1.807) is 0 Å². The summed E-state index contributed by atoms with van der Waals surface area (Å²) in [5.41, 5.74) is 4.35. The first-order chi connectivity index (χ1) is 12.7. The third-order valence-corrected chi connectivity index (χ3v) is 5.95. The minimum absolute atomic E-state index is 0.137. The Bertz CT molecular complexity index is 754. The van der Waals surface area contributed by atoms with E-state index in [0.29, 0.717) is 11.7 Å². The summed E-state index contributed by atoms with van der Waals surface area (Å²) in [5, 5.41) is 0. The van der Waals surface area contributed by atoms with Crippen LogP contribution in [0.15, 0.2) is 36.5 Å². The Kier molecular flexibility index (Phi) is 5.11. The van der Waals surface area contributed by atoms with Gasteiger partial charge in [0.05, 0.1) is 0 Å². The normalized spacial score (nSPS) is 19.7. The lowest BCUT2D eigenvalue weighted by molar-refractivity contribution is 0.0719. The summed E-state index contributed by atoms with van der Waals surface area (Å²) in [4.78, 5) is 20.4. The Hall–Kier alpha value is -2.07. The first kappa shape index (κ1) is 17.3. The van der Waals surface area contributed by atoms with Gasteiger partial charge in [0.2, 0.25) is 0 Å². The van der Waals surface area contributed by atoms with Gasteiger partial charge < -0.3 is 9.88 Å². The molecule has 2 saturated heterocycles. The lowest BCUT2D eigenvalue weighted by Crippen LogP contribution is -2.35. The SMILES string of the molecule is CC(c1cccc(-c2c[nH]c(C(=O)N3CCCCC3)c2)c1)N1CCCC1. The molecular formula is C22H29N3O. The molecule has 26 heavy (non-hydrogen) atoms. The van der Waals surface area contributed by atoms with Crippen LogP contribution in [-0.2, 0) is 0 Å². The highest BCUT2D eigenvalue weighted by atomic mass is 16.2. The zero-order chi connectivity index (χ0) is 17.9. The second kappa shape index (κ2) is 7.67. The van der Waals surface area contributed by atoms with E-state index in [9.17, 15) is 4.79 Å². The van der Waals surface area contributed by atoms with Gasteiger partial charge in [-0.1, -0.05) is 18.2 Å². The smallest absolute Gasteiger partial charge is 0.270 e. The first-order valence-electron chi connectivity index (χ1n) is 10.0. The lowest BCUT2D eigenvalue weighted by Gasteiger charge is -2.26. The Morgan fingerprint density at radius 1 is 0.962 bits per heavy atom. The van der Waals surface area contributed by atoms with Crippen LogP contribution in [0.2, 0.25) is 0 Å². The number of carbonyl (C=O) groups excluding carboxylic acids is 1. The summed E-state index contributed by atoms with van der Waals surface area (Å²) in [6.07, 6.45) is 8.07. The molecule has 1 unspecified atom stereocenters. The van der Waals surface area contributed by atoms with Gasteiger partial charge in [0, 0.05) is 25.3 Å². The maximum absolute atomic E-state index is 12.7. The molecule has 0 aliphatic carbocycles. The number of nitrogens with zero attached hydrogens (tertiary/aromatic N) is 2. The van der Waals surface area contributed by atoms with Crippen molar-refractivity contribution in [1.29, 1.82) is 0 Å². The van der Waals surface area contributed by atoms with Gasteiger partial charge >= 0.3 is 0 Å². The highest BCUT2D eigenvalue weighted by molar-refractivity contribution is 5.94.